The van der Waals surface area contributed by atoms with Gasteiger partial charge in [0.15, 0.2) is 0 Å². The van der Waals surface area contributed by atoms with E-state index in [1.54, 1.807) is 0 Å². The Labute approximate surface area is 131 Å². The second kappa shape index (κ2) is 6.87. The van der Waals surface area contributed by atoms with E-state index in [0.29, 0.717) is 11.5 Å². The number of amides is 1. The molecule has 0 aliphatic carbocycles. The molecule has 2 N–H and O–H groups in total. The fraction of sp³-hybridized carbons (Fsp3) is 0.467. The van der Waals surface area contributed by atoms with Crippen molar-refractivity contribution in [2.45, 2.75) is 0 Å². The van der Waals surface area contributed by atoms with Crippen LogP contribution in [-0.2, 0) is 4.79 Å². The van der Waals surface area contributed by atoms with Gasteiger partial charge in [-0.2, -0.15) is 0 Å². The molecule has 0 unspecified atom stereocenters. The molecule has 6 heteroatoms. The molecule has 1 saturated heterocycles. The van der Waals surface area contributed by atoms with Gasteiger partial charge in [-0.3, -0.25) is 4.79 Å². The van der Waals surface area contributed by atoms with Crippen LogP contribution < -0.4 is 10.6 Å². The first-order chi connectivity index (χ1) is 9.97. The van der Waals surface area contributed by atoms with E-state index in [9.17, 15) is 4.79 Å². The van der Waals surface area contributed by atoms with Gasteiger partial charge in [-0.15, -0.1) is 0 Å². The molecule has 0 bridgehead atoms. The fourth-order valence-electron chi connectivity index (χ4n) is 2.35. The summed E-state index contributed by atoms with van der Waals surface area (Å²) in [7, 11) is 3.99. The van der Waals surface area contributed by atoms with E-state index in [1.807, 2.05) is 41.1 Å². The summed E-state index contributed by atoms with van der Waals surface area (Å²) < 4.78 is 0. The third-order valence-corrected chi connectivity index (χ3v) is 4.04. The first-order valence-electron chi connectivity index (χ1n) is 7.04. The van der Waals surface area contributed by atoms with Gasteiger partial charge in [-0.05, 0) is 19.2 Å². The fourth-order valence-corrected chi connectivity index (χ4v) is 2.47. The number of benzene rings is 1. The first kappa shape index (κ1) is 15.7. The summed E-state index contributed by atoms with van der Waals surface area (Å²) in [4.78, 5) is 18.8. The van der Waals surface area contributed by atoms with Gasteiger partial charge in [-0.1, -0.05) is 24.4 Å². The van der Waals surface area contributed by atoms with Crippen molar-refractivity contribution in [3.05, 3.63) is 29.8 Å². The molecular formula is C15H22N4OS. The van der Waals surface area contributed by atoms with Crippen molar-refractivity contribution in [3.63, 3.8) is 0 Å². The first-order valence-corrected chi connectivity index (χ1v) is 7.45. The van der Waals surface area contributed by atoms with E-state index < -0.39 is 0 Å². The number of carbonyl (C=O) groups is 1. The van der Waals surface area contributed by atoms with E-state index in [-0.39, 0.29) is 5.91 Å². The maximum atomic E-state index is 12.3. The second-order valence-corrected chi connectivity index (χ2v) is 5.89. The predicted octanol–water partition coefficient (Wildman–Crippen LogP) is 0.531. The molecule has 21 heavy (non-hydrogen) atoms. The van der Waals surface area contributed by atoms with Crippen LogP contribution in [0.3, 0.4) is 0 Å². The summed E-state index contributed by atoms with van der Waals surface area (Å²) in [5.41, 5.74) is 7.41. The summed E-state index contributed by atoms with van der Waals surface area (Å²) >= 11 is 4.99. The maximum Gasteiger partial charge on any atom is 0.242 e. The number of hydrogen-bond acceptors (Lipinski definition) is 4. The highest BCUT2D eigenvalue weighted by molar-refractivity contribution is 7.80. The van der Waals surface area contributed by atoms with Crippen molar-refractivity contribution in [2.24, 2.45) is 5.73 Å². The lowest BCUT2D eigenvalue weighted by molar-refractivity contribution is -0.131. The minimum Gasteiger partial charge on any atom is -0.389 e. The molecule has 1 aliphatic rings. The average Bonchev–Trinajstić information content (AvgIpc) is 2.48. The van der Waals surface area contributed by atoms with Gasteiger partial charge in [-0.25, -0.2) is 0 Å². The Morgan fingerprint density at radius 1 is 1.33 bits per heavy atom. The van der Waals surface area contributed by atoms with Crippen molar-refractivity contribution in [1.29, 1.82) is 0 Å². The summed E-state index contributed by atoms with van der Waals surface area (Å²) in [5, 5.41) is 0. The van der Waals surface area contributed by atoms with Crippen molar-refractivity contribution in [1.82, 2.24) is 9.80 Å². The van der Waals surface area contributed by atoms with E-state index in [2.05, 4.69) is 11.9 Å². The number of carbonyl (C=O) groups excluding carboxylic acids is 1. The molecule has 1 fully saturated rings. The van der Waals surface area contributed by atoms with Gasteiger partial charge in [0.05, 0.1) is 6.54 Å². The molecule has 0 aromatic heterocycles. The molecule has 0 saturated carbocycles. The van der Waals surface area contributed by atoms with Crippen LogP contribution in [0.25, 0.3) is 0 Å². The van der Waals surface area contributed by atoms with Crippen molar-refractivity contribution in [2.75, 3.05) is 51.7 Å². The summed E-state index contributed by atoms with van der Waals surface area (Å²) in [6.45, 7) is 3.84. The van der Waals surface area contributed by atoms with E-state index >= 15 is 0 Å². The number of likely N-dealkylation sites (N-methyl/N-ethyl adjacent to an activating group) is 2. The molecule has 0 atom stereocenters. The molecule has 114 valence electrons. The second-order valence-electron chi connectivity index (χ2n) is 5.45. The Morgan fingerprint density at radius 3 is 2.62 bits per heavy atom. The van der Waals surface area contributed by atoms with Gasteiger partial charge in [0, 0.05) is 44.5 Å². The third-order valence-electron chi connectivity index (χ3n) is 3.80. The quantitative estimate of drug-likeness (QED) is 0.823. The molecule has 1 amide bonds. The number of anilines is 1. The number of rotatable bonds is 4. The number of thiocarbonyl (C=S) groups is 1. The van der Waals surface area contributed by atoms with Crippen LogP contribution in [-0.4, -0.2) is 67.5 Å². The van der Waals surface area contributed by atoms with Crippen LogP contribution >= 0.6 is 12.2 Å². The third kappa shape index (κ3) is 4.15. The zero-order chi connectivity index (χ0) is 15.4. The topological polar surface area (TPSA) is 52.8 Å². The Hall–Kier alpha value is -1.66. The molecule has 1 aromatic rings. The number of nitrogens with zero attached hydrogens (tertiary/aromatic N) is 3. The lowest BCUT2D eigenvalue weighted by Gasteiger charge is -2.33. The van der Waals surface area contributed by atoms with Crippen molar-refractivity contribution >= 4 is 28.8 Å². The van der Waals surface area contributed by atoms with Crippen LogP contribution in [0.15, 0.2) is 24.3 Å². The van der Waals surface area contributed by atoms with E-state index in [4.69, 9.17) is 18.0 Å². The summed E-state index contributed by atoms with van der Waals surface area (Å²) in [5.74, 6) is 0.159. The molecular weight excluding hydrogens is 284 g/mol. The monoisotopic (exact) mass is 306 g/mol. The van der Waals surface area contributed by atoms with Gasteiger partial charge >= 0.3 is 0 Å². The number of hydrogen-bond donors (Lipinski definition) is 1. The van der Waals surface area contributed by atoms with Gasteiger partial charge in [0.1, 0.15) is 4.99 Å². The SMILES string of the molecule is CN1CCN(C(=O)CN(C)c2cccc(C(N)=S)c2)CC1. The normalized spacial score (nSPS) is 15.8. The minimum atomic E-state index is 0.159. The van der Waals surface area contributed by atoms with Crippen LogP contribution in [0.5, 0.6) is 0 Å². The molecule has 0 radical (unpaired) electrons. The van der Waals surface area contributed by atoms with Gasteiger partial charge < -0.3 is 20.4 Å². The van der Waals surface area contributed by atoms with Crippen LogP contribution in [0.2, 0.25) is 0 Å². The minimum absolute atomic E-state index is 0.159. The Balaban J connectivity index is 1.97. The highest BCUT2D eigenvalue weighted by atomic mass is 32.1. The Kier molecular flexibility index (Phi) is 5.14. The van der Waals surface area contributed by atoms with Crippen molar-refractivity contribution < 1.29 is 4.79 Å². The predicted molar refractivity (Wildman–Crippen MR) is 89.7 cm³/mol. The van der Waals surface area contributed by atoms with Gasteiger partial charge in [0.25, 0.3) is 0 Å². The zero-order valence-electron chi connectivity index (χ0n) is 12.6. The Bertz CT molecular complexity index is 526. The molecule has 0 spiro atoms. The summed E-state index contributed by atoms with van der Waals surface area (Å²) in [6.07, 6.45) is 0. The summed E-state index contributed by atoms with van der Waals surface area (Å²) in [6, 6.07) is 7.65. The highest BCUT2D eigenvalue weighted by Crippen LogP contribution is 2.15. The Morgan fingerprint density at radius 2 is 2.00 bits per heavy atom. The standard InChI is InChI=1S/C15H22N4OS/c1-17-6-8-19(9-7-17)14(20)11-18(2)13-5-3-4-12(10-13)15(16)21/h3-5,10H,6-9,11H2,1-2H3,(H2,16,21). The number of piperazine rings is 1. The molecule has 2 rings (SSSR count). The van der Waals surface area contributed by atoms with Crippen molar-refractivity contribution in [3.8, 4) is 0 Å². The number of nitrogens with two attached hydrogens (primary N) is 1. The molecule has 1 heterocycles. The highest BCUT2D eigenvalue weighted by Gasteiger charge is 2.20. The van der Waals surface area contributed by atoms with Crippen LogP contribution in [0, 0.1) is 0 Å². The lowest BCUT2D eigenvalue weighted by Crippen LogP contribution is -2.49. The van der Waals surface area contributed by atoms with Crippen LogP contribution in [0.1, 0.15) is 5.56 Å². The van der Waals surface area contributed by atoms with Gasteiger partial charge in [0.2, 0.25) is 5.91 Å². The van der Waals surface area contributed by atoms with E-state index in [0.717, 1.165) is 37.4 Å². The van der Waals surface area contributed by atoms with E-state index in [1.165, 1.54) is 0 Å². The molecule has 1 aromatic carbocycles. The maximum absolute atomic E-state index is 12.3. The smallest absolute Gasteiger partial charge is 0.242 e. The average molecular weight is 306 g/mol. The lowest BCUT2D eigenvalue weighted by atomic mass is 10.2. The van der Waals surface area contributed by atoms with Crippen LogP contribution in [0.4, 0.5) is 5.69 Å². The molecule has 5 nitrogen and oxygen atoms in total. The zero-order valence-corrected chi connectivity index (χ0v) is 13.4. The largest absolute Gasteiger partial charge is 0.389 e. The molecule has 1 aliphatic heterocycles.